The topological polar surface area (TPSA) is 84.7 Å². The summed E-state index contributed by atoms with van der Waals surface area (Å²) < 4.78 is 24.1. The predicted molar refractivity (Wildman–Crippen MR) is 192 cm³/mol. The Kier molecular flexibility index (Phi) is 13.4. The minimum Gasteiger partial charge on any atom is -0.455 e. The molecule has 1 amide bonds. The van der Waals surface area contributed by atoms with Gasteiger partial charge in [0, 0.05) is 75.2 Å². The summed E-state index contributed by atoms with van der Waals surface area (Å²) in [5.74, 6) is -0.215. The van der Waals surface area contributed by atoms with Crippen molar-refractivity contribution in [2.45, 2.75) is 20.3 Å². The number of rotatable bonds is 5. The number of fused-ring (bicyclic) bond motifs is 2. The highest BCUT2D eigenvalue weighted by Gasteiger charge is 2.24. The number of anilines is 1. The molecule has 0 spiro atoms. The number of nitrogens with zero attached hydrogens (tertiary/aromatic N) is 2. The zero-order chi connectivity index (χ0) is 34.5. The van der Waals surface area contributed by atoms with Crippen molar-refractivity contribution in [2.75, 3.05) is 40.3 Å². The van der Waals surface area contributed by atoms with E-state index in [1.807, 2.05) is 50.0 Å². The molecule has 0 fully saturated rings. The fourth-order valence-corrected chi connectivity index (χ4v) is 5.00. The standard InChI is InChI=1S/C33H26FN3O2.C3H8.C2H6O.CH2O/c1-35-33(38)31-27-18-26(29(37(2)3)19-30(27)39-32(31)21-11-13-25(34)14-12-21)24-7-4-6-22(16-24)23-10-9-20-8-5-15-36-28(20)17-23;2*1-3-2;1-2/h4-19H,1-3H3,(H,35,38);3H2,1-2H3;1-2H3;1H2. The number of methoxy groups -OCH3 is 1. The molecule has 0 saturated carbocycles. The average molecular weight is 636 g/mol. The quantitative estimate of drug-likeness (QED) is 0.204. The van der Waals surface area contributed by atoms with Crippen molar-refractivity contribution in [2.24, 2.45) is 0 Å². The summed E-state index contributed by atoms with van der Waals surface area (Å²) in [5, 5.41) is 4.52. The summed E-state index contributed by atoms with van der Waals surface area (Å²) in [4.78, 5) is 27.6. The predicted octanol–water partition coefficient (Wildman–Crippen LogP) is 9.04. The molecular weight excluding hydrogens is 593 g/mol. The van der Waals surface area contributed by atoms with Gasteiger partial charge in [0.1, 0.15) is 23.9 Å². The fourth-order valence-electron chi connectivity index (χ4n) is 5.00. The Morgan fingerprint density at radius 2 is 1.49 bits per heavy atom. The molecule has 0 aliphatic rings. The Balaban J connectivity index is 0.000000688. The molecule has 6 rings (SSSR count). The lowest BCUT2D eigenvalue weighted by Gasteiger charge is -2.18. The summed E-state index contributed by atoms with van der Waals surface area (Å²) in [6, 6.07) is 28.5. The summed E-state index contributed by atoms with van der Waals surface area (Å²) in [5.41, 5.74) is 7.63. The van der Waals surface area contributed by atoms with Crippen LogP contribution in [0, 0.1) is 5.82 Å². The Labute approximate surface area is 276 Å². The molecule has 0 atom stereocenters. The van der Waals surface area contributed by atoms with Crippen LogP contribution in [0.2, 0.25) is 0 Å². The van der Waals surface area contributed by atoms with Gasteiger partial charge in [0.2, 0.25) is 0 Å². The van der Waals surface area contributed by atoms with Gasteiger partial charge < -0.3 is 24.2 Å². The van der Waals surface area contributed by atoms with Gasteiger partial charge in [-0.15, -0.1) is 0 Å². The van der Waals surface area contributed by atoms with Gasteiger partial charge in [-0.05, 0) is 65.2 Å². The number of furan rings is 1. The minimum atomic E-state index is -0.351. The first-order chi connectivity index (χ1) is 22.8. The molecule has 244 valence electrons. The van der Waals surface area contributed by atoms with E-state index in [-0.39, 0.29) is 11.7 Å². The molecule has 7 nitrogen and oxygen atoms in total. The van der Waals surface area contributed by atoms with Crippen molar-refractivity contribution < 1.29 is 23.1 Å². The van der Waals surface area contributed by atoms with Crippen molar-refractivity contribution in [3.8, 4) is 33.6 Å². The van der Waals surface area contributed by atoms with Crippen molar-refractivity contribution in [3.63, 3.8) is 0 Å². The van der Waals surface area contributed by atoms with E-state index >= 15 is 0 Å². The maximum Gasteiger partial charge on any atom is 0.255 e. The number of carbonyl (C=O) groups is 2. The second kappa shape index (κ2) is 17.4. The molecule has 6 aromatic rings. The van der Waals surface area contributed by atoms with Gasteiger partial charge in [-0.25, -0.2) is 4.39 Å². The van der Waals surface area contributed by atoms with Gasteiger partial charge in [-0.2, -0.15) is 0 Å². The van der Waals surface area contributed by atoms with E-state index in [4.69, 9.17) is 9.21 Å². The maximum absolute atomic E-state index is 13.6. The first-order valence-electron chi connectivity index (χ1n) is 15.2. The van der Waals surface area contributed by atoms with Crippen molar-refractivity contribution in [1.82, 2.24) is 10.3 Å². The van der Waals surface area contributed by atoms with Gasteiger partial charge >= 0.3 is 0 Å². The molecule has 1 N–H and O–H groups in total. The van der Waals surface area contributed by atoms with E-state index in [9.17, 15) is 9.18 Å². The first kappa shape index (κ1) is 36.1. The number of ether oxygens (including phenoxy) is 1. The van der Waals surface area contributed by atoms with Gasteiger partial charge in [0.15, 0.2) is 0 Å². The number of pyridine rings is 1. The number of aromatic nitrogens is 1. The van der Waals surface area contributed by atoms with Crippen LogP contribution >= 0.6 is 0 Å². The van der Waals surface area contributed by atoms with E-state index in [0.29, 0.717) is 27.9 Å². The zero-order valence-electron chi connectivity index (χ0n) is 28.1. The molecule has 4 aromatic carbocycles. The van der Waals surface area contributed by atoms with Crippen molar-refractivity contribution >= 4 is 40.3 Å². The number of hydrogen-bond donors (Lipinski definition) is 1. The third kappa shape index (κ3) is 8.48. The van der Waals surface area contributed by atoms with E-state index in [1.165, 1.54) is 18.6 Å². The number of nitrogens with one attached hydrogen (secondary N) is 1. The Hall–Kier alpha value is -5.34. The van der Waals surface area contributed by atoms with E-state index in [1.54, 1.807) is 39.6 Å². The van der Waals surface area contributed by atoms with Gasteiger partial charge in [-0.3, -0.25) is 9.78 Å². The smallest absolute Gasteiger partial charge is 0.255 e. The molecule has 2 heterocycles. The number of amides is 1. The molecule has 2 aromatic heterocycles. The minimum absolute atomic E-state index is 0.269. The Bertz CT molecular complexity index is 1910. The molecule has 47 heavy (non-hydrogen) atoms. The van der Waals surface area contributed by atoms with Gasteiger partial charge in [-0.1, -0.05) is 56.7 Å². The third-order valence-electron chi connectivity index (χ3n) is 6.96. The van der Waals surface area contributed by atoms with E-state index in [0.717, 1.165) is 38.8 Å². The molecule has 0 aliphatic heterocycles. The second-order valence-corrected chi connectivity index (χ2v) is 10.8. The molecule has 0 saturated heterocycles. The van der Waals surface area contributed by atoms with Gasteiger partial charge in [0.25, 0.3) is 5.91 Å². The Morgan fingerprint density at radius 3 is 2.13 bits per heavy atom. The SMILES string of the molecule is C=O.CCC.CNC(=O)c1c(-c2ccc(F)cc2)oc2cc(N(C)C)c(-c3cccc(-c4ccc5cccnc5c4)c3)cc12.COC. The first-order valence-corrected chi connectivity index (χ1v) is 15.2. The van der Waals surface area contributed by atoms with Crippen LogP contribution in [0.1, 0.15) is 30.6 Å². The highest BCUT2D eigenvalue weighted by molar-refractivity contribution is 6.13. The second-order valence-electron chi connectivity index (χ2n) is 10.8. The highest BCUT2D eigenvalue weighted by atomic mass is 19.1. The van der Waals surface area contributed by atoms with Crippen LogP contribution in [0.5, 0.6) is 0 Å². The molecule has 0 aliphatic carbocycles. The lowest BCUT2D eigenvalue weighted by Crippen LogP contribution is -2.18. The third-order valence-corrected chi connectivity index (χ3v) is 6.96. The summed E-state index contributed by atoms with van der Waals surface area (Å²) >= 11 is 0. The molecule has 0 bridgehead atoms. The largest absolute Gasteiger partial charge is 0.455 e. The lowest BCUT2D eigenvalue weighted by atomic mass is 9.95. The number of carbonyl (C=O) groups excluding carboxylic acids is 2. The summed E-state index contributed by atoms with van der Waals surface area (Å²) in [6.07, 6.45) is 3.05. The summed E-state index contributed by atoms with van der Waals surface area (Å²) in [7, 11) is 8.80. The monoisotopic (exact) mass is 635 g/mol. The molecule has 0 radical (unpaired) electrons. The molecular formula is C39H42FN3O4. The number of halogens is 1. The van der Waals surface area contributed by atoms with Crippen LogP contribution in [-0.2, 0) is 9.53 Å². The van der Waals surface area contributed by atoms with Crippen LogP contribution < -0.4 is 10.2 Å². The van der Waals surface area contributed by atoms with Crippen LogP contribution in [0.25, 0.3) is 55.4 Å². The lowest BCUT2D eigenvalue weighted by molar-refractivity contribution is -0.0980. The van der Waals surface area contributed by atoms with Crippen LogP contribution in [0.15, 0.2) is 102 Å². The summed E-state index contributed by atoms with van der Waals surface area (Å²) in [6.45, 7) is 6.25. The molecule has 0 unspecified atom stereocenters. The number of benzene rings is 4. The number of hydrogen-bond acceptors (Lipinski definition) is 6. The van der Waals surface area contributed by atoms with Crippen molar-refractivity contribution in [3.05, 3.63) is 109 Å². The highest BCUT2D eigenvalue weighted by Crippen LogP contribution is 2.41. The van der Waals surface area contributed by atoms with Crippen molar-refractivity contribution in [1.29, 1.82) is 0 Å². The fraction of sp³-hybridized carbons (Fsp3) is 0.205. The normalized spacial score (nSPS) is 10.1. The average Bonchev–Trinajstić information content (AvgIpc) is 3.47. The van der Waals surface area contributed by atoms with Crippen LogP contribution in [0.3, 0.4) is 0 Å². The van der Waals surface area contributed by atoms with E-state index < -0.39 is 0 Å². The van der Waals surface area contributed by atoms with Gasteiger partial charge in [0.05, 0.1) is 11.1 Å². The zero-order valence-corrected chi connectivity index (χ0v) is 28.1. The molecule has 8 heteroatoms. The van der Waals surface area contributed by atoms with Crippen LogP contribution in [-0.4, -0.2) is 53.0 Å². The van der Waals surface area contributed by atoms with E-state index in [2.05, 4.69) is 71.3 Å². The van der Waals surface area contributed by atoms with Crippen LogP contribution in [0.4, 0.5) is 10.1 Å². The maximum atomic E-state index is 13.6. The Morgan fingerprint density at radius 1 is 0.872 bits per heavy atom.